The Hall–Kier alpha value is -2.21. The zero-order valence-electron chi connectivity index (χ0n) is 13.2. The summed E-state index contributed by atoms with van der Waals surface area (Å²) in [6.45, 7) is 7.77. The normalized spacial score (nSPS) is 15.3. The SMILES string of the molecule is C=CCN1CCN(C(=O)Nc2ccc(OC)c(OC)c2)CC1. The number of nitrogens with one attached hydrogen (secondary N) is 1. The van der Waals surface area contributed by atoms with Gasteiger partial charge in [-0.3, -0.25) is 4.90 Å². The summed E-state index contributed by atoms with van der Waals surface area (Å²) in [6.07, 6.45) is 1.89. The highest BCUT2D eigenvalue weighted by Crippen LogP contribution is 2.29. The maximum absolute atomic E-state index is 12.3. The predicted molar refractivity (Wildman–Crippen MR) is 86.8 cm³/mol. The van der Waals surface area contributed by atoms with E-state index in [1.54, 1.807) is 32.4 Å². The van der Waals surface area contributed by atoms with Crippen molar-refractivity contribution in [2.75, 3.05) is 52.3 Å². The number of hydrogen-bond acceptors (Lipinski definition) is 4. The fourth-order valence-corrected chi connectivity index (χ4v) is 2.43. The van der Waals surface area contributed by atoms with Gasteiger partial charge in [0.2, 0.25) is 0 Å². The van der Waals surface area contributed by atoms with Crippen molar-refractivity contribution in [3.8, 4) is 11.5 Å². The molecule has 1 aromatic carbocycles. The zero-order valence-corrected chi connectivity index (χ0v) is 13.2. The maximum Gasteiger partial charge on any atom is 0.321 e. The van der Waals surface area contributed by atoms with Gasteiger partial charge in [0.15, 0.2) is 11.5 Å². The molecule has 6 nitrogen and oxygen atoms in total. The summed E-state index contributed by atoms with van der Waals surface area (Å²) in [5.74, 6) is 1.23. The number of nitrogens with zero attached hydrogens (tertiary/aromatic N) is 2. The standard InChI is InChI=1S/C16H23N3O3/c1-4-7-18-8-10-19(11-9-18)16(20)17-13-5-6-14(21-2)15(12-13)22-3/h4-6,12H,1,7-11H2,2-3H3,(H,17,20). The number of rotatable bonds is 5. The van der Waals surface area contributed by atoms with Crippen LogP contribution in [0.2, 0.25) is 0 Å². The van der Waals surface area contributed by atoms with Gasteiger partial charge in [0.05, 0.1) is 14.2 Å². The van der Waals surface area contributed by atoms with Gasteiger partial charge in [-0.15, -0.1) is 6.58 Å². The molecule has 22 heavy (non-hydrogen) atoms. The van der Waals surface area contributed by atoms with Crippen LogP contribution in [0.15, 0.2) is 30.9 Å². The lowest BCUT2D eigenvalue weighted by Crippen LogP contribution is -2.49. The van der Waals surface area contributed by atoms with Crippen LogP contribution in [0.4, 0.5) is 10.5 Å². The van der Waals surface area contributed by atoms with Gasteiger partial charge in [-0.1, -0.05) is 6.08 Å². The Bertz CT molecular complexity index is 525. The lowest BCUT2D eigenvalue weighted by molar-refractivity contribution is 0.156. The molecule has 1 aliphatic heterocycles. The maximum atomic E-state index is 12.3. The molecule has 0 spiro atoms. The molecule has 0 aliphatic carbocycles. The molecular weight excluding hydrogens is 282 g/mol. The molecule has 0 bridgehead atoms. The topological polar surface area (TPSA) is 54.0 Å². The largest absolute Gasteiger partial charge is 0.493 e. The number of anilines is 1. The number of amides is 2. The highest BCUT2D eigenvalue weighted by molar-refractivity contribution is 5.89. The van der Waals surface area contributed by atoms with Crippen molar-refractivity contribution in [1.29, 1.82) is 0 Å². The Morgan fingerprint density at radius 3 is 2.50 bits per heavy atom. The summed E-state index contributed by atoms with van der Waals surface area (Å²) >= 11 is 0. The summed E-state index contributed by atoms with van der Waals surface area (Å²) < 4.78 is 10.4. The summed E-state index contributed by atoms with van der Waals surface area (Å²) in [5, 5.41) is 2.90. The van der Waals surface area contributed by atoms with Crippen molar-refractivity contribution in [3.63, 3.8) is 0 Å². The van der Waals surface area contributed by atoms with Crippen molar-refractivity contribution in [1.82, 2.24) is 9.80 Å². The molecular formula is C16H23N3O3. The Morgan fingerprint density at radius 1 is 1.23 bits per heavy atom. The van der Waals surface area contributed by atoms with Crippen LogP contribution in [0.25, 0.3) is 0 Å². The molecule has 0 saturated carbocycles. The summed E-state index contributed by atoms with van der Waals surface area (Å²) in [6, 6.07) is 5.24. The molecule has 2 rings (SSSR count). The number of methoxy groups -OCH3 is 2. The van der Waals surface area contributed by atoms with E-state index >= 15 is 0 Å². The fourth-order valence-electron chi connectivity index (χ4n) is 2.43. The summed E-state index contributed by atoms with van der Waals surface area (Å²) in [7, 11) is 3.15. The van der Waals surface area contributed by atoms with Crippen LogP contribution in [0.1, 0.15) is 0 Å². The first-order chi connectivity index (χ1) is 10.7. The van der Waals surface area contributed by atoms with Crippen LogP contribution >= 0.6 is 0 Å². The zero-order chi connectivity index (χ0) is 15.9. The third kappa shape index (κ3) is 3.92. The number of carbonyl (C=O) groups excluding carboxylic acids is 1. The second-order valence-electron chi connectivity index (χ2n) is 5.08. The van der Waals surface area contributed by atoms with Crippen LogP contribution in [-0.4, -0.2) is 62.8 Å². The number of ether oxygens (including phenoxy) is 2. The van der Waals surface area contributed by atoms with Gasteiger partial charge in [0, 0.05) is 44.5 Å². The molecule has 1 aliphatic rings. The van der Waals surface area contributed by atoms with E-state index < -0.39 is 0 Å². The van der Waals surface area contributed by atoms with Crippen molar-refractivity contribution in [2.45, 2.75) is 0 Å². The number of hydrogen-bond donors (Lipinski definition) is 1. The van der Waals surface area contributed by atoms with Crippen LogP contribution in [-0.2, 0) is 0 Å². The van der Waals surface area contributed by atoms with Crippen molar-refractivity contribution < 1.29 is 14.3 Å². The van der Waals surface area contributed by atoms with Crippen LogP contribution < -0.4 is 14.8 Å². The Balaban J connectivity index is 1.93. The third-order valence-corrected chi connectivity index (χ3v) is 3.68. The molecule has 120 valence electrons. The lowest BCUT2D eigenvalue weighted by atomic mass is 10.2. The average molecular weight is 305 g/mol. The van der Waals surface area contributed by atoms with E-state index in [4.69, 9.17) is 9.47 Å². The van der Waals surface area contributed by atoms with Gasteiger partial charge < -0.3 is 19.7 Å². The fraction of sp³-hybridized carbons (Fsp3) is 0.438. The van der Waals surface area contributed by atoms with E-state index in [2.05, 4.69) is 16.8 Å². The van der Waals surface area contributed by atoms with Gasteiger partial charge in [-0.25, -0.2) is 4.79 Å². The first-order valence-electron chi connectivity index (χ1n) is 7.29. The van der Waals surface area contributed by atoms with E-state index in [9.17, 15) is 4.79 Å². The van der Waals surface area contributed by atoms with E-state index in [1.165, 1.54) is 0 Å². The molecule has 0 aromatic heterocycles. The molecule has 0 atom stereocenters. The van der Waals surface area contributed by atoms with Gasteiger partial charge in [-0.05, 0) is 12.1 Å². The minimum atomic E-state index is -0.0922. The highest BCUT2D eigenvalue weighted by atomic mass is 16.5. The van der Waals surface area contributed by atoms with E-state index in [-0.39, 0.29) is 6.03 Å². The van der Waals surface area contributed by atoms with Crippen molar-refractivity contribution in [3.05, 3.63) is 30.9 Å². The van der Waals surface area contributed by atoms with Crippen LogP contribution in [0, 0.1) is 0 Å². The monoisotopic (exact) mass is 305 g/mol. The molecule has 2 amide bonds. The number of urea groups is 1. The second kappa shape index (κ2) is 7.70. The Kier molecular flexibility index (Phi) is 5.66. The second-order valence-corrected chi connectivity index (χ2v) is 5.08. The van der Waals surface area contributed by atoms with E-state index in [1.807, 2.05) is 11.0 Å². The van der Waals surface area contributed by atoms with Gasteiger partial charge >= 0.3 is 6.03 Å². The van der Waals surface area contributed by atoms with Crippen LogP contribution in [0.5, 0.6) is 11.5 Å². The smallest absolute Gasteiger partial charge is 0.321 e. The molecule has 0 radical (unpaired) electrons. The molecule has 0 unspecified atom stereocenters. The Labute approximate surface area is 131 Å². The minimum Gasteiger partial charge on any atom is -0.493 e. The molecule has 6 heteroatoms. The molecule has 1 fully saturated rings. The average Bonchev–Trinajstić information content (AvgIpc) is 2.55. The number of benzene rings is 1. The summed E-state index contributed by atoms with van der Waals surface area (Å²) in [5.41, 5.74) is 0.691. The van der Waals surface area contributed by atoms with Crippen LogP contribution in [0.3, 0.4) is 0 Å². The molecule has 1 aromatic rings. The number of piperazine rings is 1. The van der Waals surface area contributed by atoms with E-state index in [0.29, 0.717) is 30.3 Å². The van der Waals surface area contributed by atoms with Gasteiger partial charge in [0.25, 0.3) is 0 Å². The quantitative estimate of drug-likeness (QED) is 0.846. The van der Waals surface area contributed by atoms with Crippen molar-refractivity contribution in [2.24, 2.45) is 0 Å². The predicted octanol–water partition coefficient (Wildman–Crippen LogP) is 2.04. The van der Waals surface area contributed by atoms with Crippen molar-refractivity contribution >= 4 is 11.7 Å². The highest BCUT2D eigenvalue weighted by Gasteiger charge is 2.20. The first kappa shape index (κ1) is 16.2. The molecule has 1 saturated heterocycles. The molecule has 1 heterocycles. The third-order valence-electron chi connectivity index (χ3n) is 3.68. The summed E-state index contributed by atoms with van der Waals surface area (Å²) in [4.78, 5) is 16.4. The Morgan fingerprint density at radius 2 is 1.91 bits per heavy atom. The molecule has 1 N–H and O–H groups in total. The van der Waals surface area contributed by atoms with E-state index in [0.717, 1.165) is 19.6 Å². The first-order valence-corrected chi connectivity index (χ1v) is 7.29. The minimum absolute atomic E-state index is 0.0922. The lowest BCUT2D eigenvalue weighted by Gasteiger charge is -2.34. The number of carbonyl (C=O) groups is 1. The van der Waals surface area contributed by atoms with Gasteiger partial charge in [-0.2, -0.15) is 0 Å². The van der Waals surface area contributed by atoms with Gasteiger partial charge in [0.1, 0.15) is 0 Å².